The molecule has 1 atom stereocenters. The zero-order valence-corrected chi connectivity index (χ0v) is 15.4. The van der Waals surface area contributed by atoms with Gasteiger partial charge in [0.2, 0.25) is 0 Å². The van der Waals surface area contributed by atoms with E-state index in [9.17, 15) is 4.79 Å². The van der Waals surface area contributed by atoms with E-state index in [1.807, 2.05) is 39.8 Å². The minimum atomic E-state index is -0.451. The Balaban J connectivity index is 1.71. The molecule has 1 aliphatic rings. The van der Waals surface area contributed by atoms with Crippen molar-refractivity contribution >= 4 is 6.09 Å². The molecule has 0 heterocycles. The van der Waals surface area contributed by atoms with Gasteiger partial charge in [-0.05, 0) is 65.2 Å². The smallest absolute Gasteiger partial charge is 0.407 e. The summed E-state index contributed by atoms with van der Waals surface area (Å²) in [5.74, 6) is 0.902. The number of alkyl carbamates (subject to hydrolysis) is 1. The molecule has 0 saturated heterocycles. The van der Waals surface area contributed by atoms with E-state index in [1.165, 1.54) is 5.56 Å². The van der Waals surface area contributed by atoms with Crippen LogP contribution in [0.3, 0.4) is 0 Å². The molecule has 2 N–H and O–H groups in total. The number of hydrogen-bond donors (Lipinski definition) is 2. The van der Waals surface area contributed by atoms with Crippen molar-refractivity contribution in [3.63, 3.8) is 0 Å². The van der Waals surface area contributed by atoms with Crippen LogP contribution < -0.4 is 15.4 Å². The molecular weight excluding hydrogens is 304 g/mol. The molecule has 1 aromatic carbocycles. The van der Waals surface area contributed by atoms with Crippen molar-refractivity contribution in [1.29, 1.82) is 0 Å². The summed E-state index contributed by atoms with van der Waals surface area (Å²) in [5.41, 5.74) is 0.787. The maximum absolute atomic E-state index is 11.7. The quantitative estimate of drug-likeness (QED) is 0.831. The number of benzene rings is 1. The maximum Gasteiger partial charge on any atom is 0.407 e. The van der Waals surface area contributed by atoms with Gasteiger partial charge in [-0.1, -0.05) is 12.1 Å². The molecule has 1 amide bonds. The highest BCUT2D eigenvalue weighted by Crippen LogP contribution is 2.25. The molecule has 5 nitrogen and oxygen atoms in total. The van der Waals surface area contributed by atoms with Crippen LogP contribution in [0.1, 0.15) is 59.1 Å². The standard InChI is InChI=1S/C19H30N2O3/c1-6-23-17-9-7-14(8-10-17)13(2)20-15-11-16(12-15)21-18(22)24-19(3,4)5/h7-10,13,15-16,20H,6,11-12H2,1-5H3,(H,21,22). The normalized spacial score (nSPS) is 21.5. The second-order valence-corrected chi connectivity index (χ2v) is 7.40. The van der Waals surface area contributed by atoms with Crippen molar-refractivity contribution < 1.29 is 14.3 Å². The predicted octanol–water partition coefficient (Wildman–Crippen LogP) is 3.79. The summed E-state index contributed by atoms with van der Waals surface area (Å²) >= 11 is 0. The largest absolute Gasteiger partial charge is 0.494 e. The van der Waals surface area contributed by atoms with Gasteiger partial charge in [0.1, 0.15) is 11.4 Å². The first-order chi connectivity index (χ1) is 11.3. The fourth-order valence-corrected chi connectivity index (χ4v) is 2.82. The second-order valence-electron chi connectivity index (χ2n) is 7.40. The van der Waals surface area contributed by atoms with Gasteiger partial charge in [-0.15, -0.1) is 0 Å². The van der Waals surface area contributed by atoms with Crippen LogP contribution >= 0.6 is 0 Å². The maximum atomic E-state index is 11.7. The first-order valence-electron chi connectivity index (χ1n) is 8.75. The highest BCUT2D eigenvalue weighted by Gasteiger charge is 2.32. The molecule has 2 rings (SSSR count). The van der Waals surface area contributed by atoms with Gasteiger partial charge < -0.3 is 20.1 Å². The molecule has 0 aliphatic heterocycles. The van der Waals surface area contributed by atoms with E-state index in [2.05, 4.69) is 29.7 Å². The van der Waals surface area contributed by atoms with Crippen LogP contribution in [0.25, 0.3) is 0 Å². The third-order valence-electron chi connectivity index (χ3n) is 4.04. The molecule has 1 aliphatic carbocycles. The minimum absolute atomic E-state index is 0.199. The van der Waals surface area contributed by atoms with Crippen LogP contribution in [-0.4, -0.2) is 30.4 Å². The molecule has 0 radical (unpaired) electrons. The van der Waals surface area contributed by atoms with Crippen molar-refractivity contribution in [2.75, 3.05) is 6.61 Å². The van der Waals surface area contributed by atoms with Gasteiger partial charge >= 0.3 is 6.09 Å². The minimum Gasteiger partial charge on any atom is -0.494 e. The van der Waals surface area contributed by atoms with Crippen molar-refractivity contribution in [3.05, 3.63) is 29.8 Å². The third-order valence-corrected chi connectivity index (χ3v) is 4.04. The lowest BCUT2D eigenvalue weighted by Crippen LogP contribution is -2.53. The fraction of sp³-hybridized carbons (Fsp3) is 0.632. The van der Waals surface area contributed by atoms with Gasteiger partial charge in [0.15, 0.2) is 0 Å². The molecule has 0 bridgehead atoms. The van der Waals surface area contributed by atoms with Gasteiger partial charge in [0.05, 0.1) is 6.61 Å². The van der Waals surface area contributed by atoms with Crippen LogP contribution in [0.5, 0.6) is 5.75 Å². The van der Waals surface area contributed by atoms with Crippen LogP contribution in [0, 0.1) is 0 Å². The van der Waals surface area contributed by atoms with E-state index >= 15 is 0 Å². The van der Waals surface area contributed by atoms with Crippen molar-refractivity contribution in [2.24, 2.45) is 0 Å². The van der Waals surface area contributed by atoms with Crippen LogP contribution in [0.15, 0.2) is 24.3 Å². The number of ether oxygens (including phenoxy) is 2. The Hall–Kier alpha value is -1.75. The van der Waals surface area contributed by atoms with Gasteiger partial charge in [-0.3, -0.25) is 0 Å². The number of amides is 1. The number of carbonyl (C=O) groups is 1. The summed E-state index contributed by atoms with van der Waals surface area (Å²) < 4.78 is 10.7. The van der Waals surface area contributed by atoms with E-state index in [0.29, 0.717) is 12.6 Å². The summed E-state index contributed by atoms with van der Waals surface area (Å²) in [4.78, 5) is 11.7. The Labute approximate surface area is 145 Å². The average molecular weight is 334 g/mol. The van der Waals surface area contributed by atoms with Gasteiger partial charge in [0, 0.05) is 18.1 Å². The summed E-state index contributed by atoms with van der Waals surface area (Å²) in [6, 6.07) is 9.09. The SMILES string of the molecule is CCOc1ccc(C(C)NC2CC(NC(=O)OC(C)(C)C)C2)cc1. The number of nitrogens with one attached hydrogen (secondary N) is 2. The first-order valence-corrected chi connectivity index (χ1v) is 8.75. The topological polar surface area (TPSA) is 59.6 Å². The monoisotopic (exact) mass is 334 g/mol. The average Bonchev–Trinajstić information content (AvgIpc) is 2.44. The van der Waals surface area contributed by atoms with Crippen molar-refractivity contribution in [2.45, 2.75) is 71.2 Å². The number of carbonyl (C=O) groups excluding carboxylic acids is 1. The summed E-state index contributed by atoms with van der Waals surface area (Å²) in [5, 5.41) is 6.52. The van der Waals surface area contributed by atoms with E-state index < -0.39 is 5.60 Å². The highest BCUT2D eigenvalue weighted by atomic mass is 16.6. The van der Waals surface area contributed by atoms with Gasteiger partial charge in [-0.2, -0.15) is 0 Å². The predicted molar refractivity (Wildman–Crippen MR) is 95.3 cm³/mol. The third kappa shape index (κ3) is 5.71. The number of rotatable bonds is 6. The Morgan fingerprint density at radius 2 is 1.83 bits per heavy atom. The summed E-state index contributed by atoms with van der Waals surface area (Å²) in [7, 11) is 0. The Bertz CT molecular complexity index is 531. The highest BCUT2D eigenvalue weighted by molar-refractivity contribution is 5.68. The fourth-order valence-electron chi connectivity index (χ4n) is 2.82. The molecule has 5 heteroatoms. The molecule has 134 valence electrons. The molecule has 0 spiro atoms. The lowest BCUT2D eigenvalue weighted by atomic mass is 9.86. The Kier molecular flexibility index (Phi) is 6.10. The van der Waals surface area contributed by atoms with Gasteiger partial charge in [-0.25, -0.2) is 4.79 Å². The molecule has 24 heavy (non-hydrogen) atoms. The molecule has 0 aromatic heterocycles. The zero-order valence-electron chi connectivity index (χ0n) is 15.4. The second kappa shape index (κ2) is 7.88. The van der Waals surface area contributed by atoms with Crippen LogP contribution in [0.2, 0.25) is 0 Å². The first kappa shape index (κ1) is 18.6. The Morgan fingerprint density at radius 3 is 2.38 bits per heavy atom. The Morgan fingerprint density at radius 1 is 1.21 bits per heavy atom. The van der Waals surface area contributed by atoms with Crippen LogP contribution in [-0.2, 0) is 4.74 Å². The molecule has 1 aromatic rings. The van der Waals surface area contributed by atoms with Crippen LogP contribution in [0.4, 0.5) is 4.79 Å². The van der Waals surface area contributed by atoms with E-state index in [1.54, 1.807) is 0 Å². The van der Waals surface area contributed by atoms with Crippen molar-refractivity contribution in [1.82, 2.24) is 10.6 Å². The summed E-state index contributed by atoms with van der Waals surface area (Å²) in [6.45, 7) is 10.4. The zero-order chi connectivity index (χ0) is 17.7. The molecule has 1 unspecified atom stereocenters. The molecule has 1 fully saturated rings. The van der Waals surface area contributed by atoms with Gasteiger partial charge in [0.25, 0.3) is 0 Å². The van der Waals surface area contributed by atoms with E-state index in [-0.39, 0.29) is 18.2 Å². The molecular formula is C19H30N2O3. The number of hydrogen-bond acceptors (Lipinski definition) is 4. The summed E-state index contributed by atoms with van der Waals surface area (Å²) in [6.07, 6.45) is 1.53. The van der Waals surface area contributed by atoms with Crippen molar-refractivity contribution in [3.8, 4) is 5.75 Å². The lowest BCUT2D eigenvalue weighted by molar-refractivity contribution is 0.0463. The lowest BCUT2D eigenvalue weighted by Gasteiger charge is -2.38. The molecule has 1 saturated carbocycles. The van der Waals surface area contributed by atoms with E-state index in [0.717, 1.165) is 18.6 Å². The van der Waals surface area contributed by atoms with E-state index in [4.69, 9.17) is 9.47 Å².